The summed E-state index contributed by atoms with van der Waals surface area (Å²) in [5.41, 5.74) is 21.3. The summed E-state index contributed by atoms with van der Waals surface area (Å²) in [6, 6.07) is 115. The molecule has 0 atom stereocenters. The van der Waals surface area contributed by atoms with Crippen LogP contribution in [0.4, 0.5) is 0 Å². The van der Waals surface area contributed by atoms with Gasteiger partial charge in [-0.2, -0.15) is 0 Å². The number of methoxy groups -OCH3 is 2. The van der Waals surface area contributed by atoms with Crippen LogP contribution in [0.15, 0.2) is 340 Å². The predicted molar refractivity (Wildman–Crippen MR) is 458 cm³/mol. The van der Waals surface area contributed by atoms with Crippen molar-refractivity contribution in [2.24, 2.45) is 0 Å². The van der Waals surface area contributed by atoms with E-state index in [2.05, 4.69) is 312 Å². The van der Waals surface area contributed by atoms with Gasteiger partial charge in [-0.25, -0.2) is 0 Å². The van der Waals surface area contributed by atoms with E-state index in [1.807, 2.05) is 170 Å². The molecule has 522 valence electrons. The van der Waals surface area contributed by atoms with Crippen molar-refractivity contribution in [3.05, 3.63) is 484 Å². The second kappa shape index (κ2) is 33.7. The maximum absolute atomic E-state index is 5.76. The van der Waals surface area contributed by atoms with Crippen LogP contribution in [0.3, 0.4) is 0 Å². The van der Waals surface area contributed by atoms with E-state index < -0.39 is 10.8 Å². The lowest BCUT2D eigenvalue weighted by atomic mass is 9.65. The molecule has 114 heavy (non-hydrogen) atoms. The van der Waals surface area contributed by atoms with Crippen molar-refractivity contribution in [3.63, 3.8) is 0 Å². The Morgan fingerprint density at radius 3 is 0.430 bits per heavy atom. The van der Waals surface area contributed by atoms with Gasteiger partial charge in [-0.1, -0.05) is 240 Å². The fourth-order valence-corrected chi connectivity index (χ4v) is 14.0. The Kier molecular flexibility index (Phi) is 21.2. The minimum Gasteiger partial charge on any atom is -0.497 e. The Balaban J connectivity index is 0.853. The van der Waals surface area contributed by atoms with Crippen molar-refractivity contribution in [1.82, 2.24) is 0 Å². The van der Waals surface area contributed by atoms with Gasteiger partial charge in [0.1, 0.15) is 11.5 Å². The second-order valence-electron chi connectivity index (χ2n) is 26.9. The van der Waals surface area contributed by atoms with Gasteiger partial charge in [0.15, 0.2) is 0 Å². The Hall–Kier alpha value is -16.6. The number of rotatable bonds is 4. The topological polar surface area (TPSA) is 18.5 Å². The summed E-state index contributed by atoms with van der Waals surface area (Å²) in [6.45, 7) is 0. The number of ether oxygens (including phenoxy) is 2. The molecule has 0 spiro atoms. The number of hydrogen-bond acceptors (Lipinski definition) is 2. The zero-order chi connectivity index (χ0) is 77.1. The van der Waals surface area contributed by atoms with Crippen LogP contribution in [0.2, 0.25) is 0 Å². The highest BCUT2D eigenvalue weighted by molar-refractivity contribution is 5.67. The zero-order valence-corrected chi connectivity index (χ0v) is 62.1. The minimum absolute atomic E-state index is 0.743. The van der Waals surface area contributed by atoms with E-state index in [0.29, 0.717) is 0 Å². The van der Waals surface area contributed by atoms with Gasteiger partial charge in [-0.05, 0) is 286 Å². The van der Waals surface area contributed by atoms with E-state index in [1.165, 1.54) is 0 Å². The maximum atomic E-state index is 5.76. The lowest BCUT2D eigenvalue weighted by Crippen LogP contribution is -2.31. The first-order valence-corrected chi connectivity index (χ1v) is 37.0. The monoisotopic (exact) mass is 1440 g/mol. The van der Waals surface area contributed by atoms with Gasteiger partial charge < -0.3 is 9.47 Å². The fourth-order valence-electron chi connectivity index (χ4n) is 14.0. The van der Waals surface area contributed by atoms with Crippen molar-refractivity contribution in [1.29, 1.82) is 0 Å². The van der Waals surface area contributed by atoms with E-state index >= 15 is 0 Å². The summed E-state index contributed by atoms with van der Waals surface area (Å²) in [5.74, 6) is 80.7. The van der Waals surface area contributed by atoms with Crippen LogP contribution in [-0.4, -0.2) is 14.2 Å². The van der Waals surface area contributed by atoms with Gasteiger partial charge in [0.25, 0.3) is 0 Å². The Bertz CT molecular complexity index is 5900. The Labute approximate surface area is 668 Å². The maximum Gasteiger partial charge on any atom is 0.118 e. The minimum atomic E-state index is -0.859. The van der Waals surface area contributed by atoms with Crippen LogP contribution >= 0.6 is 0 Å². The summed E-state index contributed by atoms with van der Waals surface area (Å²) in [7, 11) is 3.37. The van der Waals surface area contributed by atoms with E-state index in [1.54, 1.807) is 14.2 Å². The molecule has 0 heterocycles. The molecule has 21 aliphatic carbocycles. The number of benzene rings is 14. The standard InChI is InChI=1S/C112H62O2/c1-113-109-73-69-107(70-74-109)111-101-57-45-83(46-58-101)33-39-95-27-9-21-89(77-95)15-3-6-18-92-24-12-30-98(80-92)42-36-86-51-63-104(64-52-86)112(108-71-75-110(114-2)76-72-108,105-65-53-87(54-66-105)37-43-99-31-13-25-93(81-99)19-7-4-16-90-22-10-28-96(78-90)40-34-84-47-59-102(111)60-48-84)106-67-55-88(56-68-106)38-44-100-32-14-26-94(82-100)20-8-5-17-91-23-11-29-97(79-91)41-35-85-49-61-103(111)62-50-85/h9-14,21-32,45-82H,1-2H3. The molecule has 0 unspecified atom stereocenters. The smallest absolute Gasteiger partial charge is 0.118 e. The summed E-state index contributed by atoms with van der Waals surface area (Å²) in [4.78, 5) is 0. The van der Waals surface area contributed by atoms with Crippen LogP contribution in [0.5, 0.6) is 11.5 Å². The molecular weight excluding hydrogens is 1380 g/mol. The lowest BCUT2D eigenvalue weighted by molar-refractivity contribution is 0.414. The van der Waals surface area contributed by atoms with Crippen LogP contribution < -0.4 is 9.47 Å². The highest BCUT2D eigenvalue weighted by atomic mass is 16.5. The molecule has 14 aromatic carbocycles. The van der Waals surface area contributed by atoms with Gasteiger partial charge in [-0.3, -0.25) is 0 Å². The zero-order valence-electron chi connectivity index (χ0n) is 62.1. The third kappa shape index (κ3) is 16.6. The molecule has 21 aliphatic rings. The van der Waals surface area contributed by atoms with Crippen LogP contribution in [0.25, 0.3) is 0 Å². The molecule has 0 saturated carbocycles. The van der Waals surface area contributed by atoms with Gasteiger partial charge >= 0.3 is 0 Å². The Morgan fingerprint density at radius 1 is 0.149 bits per heavy atom. The first kappa shape index (κ1) is 71.6. The molecule has 2 nitrogen and oxygen atoms in total. The summed E-state index contributed by atoms with van der Waals surface area (Å²) < 4.78 is 11.5. The first-order valence-electron chi connectivity index (χ1n) is 37.0. The first-order chi connectivity index (χ1) is 56.3. The number of hydrogen-bond donors (Lipinski definition) is 0. The van der Waals surface area contributed by atoms with Gasteiger partial charge in [0.05, 0.1) is 25.0 Å². The van der Waals surface area contributed by atoms with E-state index in [0.717, 1.165) is 156 Å². The molecule has 0 aliphatic heterocycles. The van der Waals surface area contributed by atoms with Crippen molar-refractivity contribution in [3.8, 4) is 154 Å². The third-order valence-corrected chi connectivity index (χ3v) is 19.7. The predicted octanol–water partition coefficient (Wildman–Crippen LogP) is 19.7. The average Bonchev–Trinajstić information content (AvgIpc) is 0.737. The molecule has 26 bridgehead atoms. The molecular formula is C112H62O2. The van der Waals surface area contributed by atoms with Gasteiger partial charge in [0.2, 0.25) is 0 Å². The SMILES string of the molecule is COc1ccc(C23c4ccc(cc4)C#Cc4cccc(c4)C#CC#Cc4cccc(c4)C#Cc4ccc(cc4)C(c4ccc(OC)cc4)(c4ccc(cc4)C#Cc4cccc(c4)C#CC#Cc4cccc(c4)C#Cc4ccc2cc4)c2ccc(cc2)C#Cc2cccc(c2)C#CC#Cc2cccc(c2)C#Cc2ccc3cc2)cc1. The summed E-state index contributed by atoms with van der Waals surface area (Å²) in [5, 5.41) is 0. The molecule has 0 amide bonds. The van der Waals surface area contributed by atoms with E-state index in [-0.39, 0.29) is 0 Å². The lowest BCUT2D eigenvalue weighted by Gasteiger charge is -2.37. The molecule has 0 fully saturated rings. The van der Waals surface area contributed by atoms with E-state index in [4.69, 9.17) is 9.47 Å². The molecule has 0 N–H and O–H groups in total. The highest BCUT2D eigenvalue weighted by Crippen LogP contribution is 2.48. The van der Waals surface area contributed by atoms with Crippen molar-refractivity contribution in [2.45, 2.75) is 10.8 Å². The van der Waals surface area contributed by atoms with Gasteiger partial charge in [-0.15, -0.1) is 0 Å². The quantitative estimate of drug-likeness (QED) is 0.164. The average molecular weight is 1440 g/mol. The molecule has 2 heteroatoms. The van der Waals surface area contributed by atoms with Crippen molar-refractivity contribution in [2.75, 3.05) is 14.2 Å². The van der Waals surface area contributed by atoms with Crippen molar-refractivity contribution >= 4 is 0 Å². The molecule has 35 rings (SSSR count). The summed E-state index contributed by atoms with van der Waals surface area (Å²) >= 11 is 0. The fraction of sp³-hybridized carbons (Fsp3) is 0.0357. The highest BCUT2D eigenvalue weighted by Gasteiger charge is 2.40. The normalized spacial score (nSPS) is 13.6. The largest absolute Gasteiger partial charge is 0.497 e. The third-order valence-electron chi connectivity index (χ3n) is 19.7. The second-order valence-corrected chi connectivity index (χ2v) is 26.9. The van der Waals surface area contributed by atoms with Crippen LogP contribution in [0.1, 0.15) is 145 Å². The van der Waals surface area contributed by atoms with Crippen LogP contribution in [-0.2, 0) is 10.8 Å². The summed E-state index contributed by atoms with van der Waals surface area (Å²) in [6.07, 6.45) is 0. The van der Waals surface area contributed by atoms with Crippen molar-refractivity contribution < 1.29 is 9.47 Å². The molecule has 0 aromatic heterocycles. The molecule has 14 aromatic rings. The Morgan fingerprint density at radius 2 is 0.281 bits per heavy atom. The van der Waals surface area contributed by atoms with Crippen LogP contribution in [0, 0.1) is 142 Å². The molecule has 0 saturated heterocycles. The van der Waals surface area contributed by atoms with Gasteiger partial charge in [0, 0.05) is 100 Å². The molecule has 0 radical (unpaired) electrons. The van der Waals surface area contributed by atoms with E-state index in [9.17, 15) is 0 Å².